The molecule has 0 unspecified atom stereocenters. The van der Waals surface area contributed by atoms with Gasteiger partial charge in [0.1, 0.15) is 17.2 Å². The van der Waals surface area contributed by atoms with Crippen molar-refractivity contribution >= 4 is 23.9 Å². The summed E-state index contributed by atoms with van der Waals surface area (Å²) in [6.45, 7) is 12.8. The maximum Gasteiger partial charge on any atom is 0.329 e. The summed E-state index contributed by atoms with van der Waals surface area (Å²) in [5.74, 6) is -1.58. The summed E-state index contributed by atoms with van der Waals surface area (Å²) in [7, 11) is 0. The molecule has 198 valence electrons. The molecule has 0 saturated heterocycles. The minimum Gasteiger partial charge on any atom is -0.460 e. The third-order valence-corrected chi connectivity index (χ3v) is 4.27. The number of nitrogens with one attached hydrogen (secondary N) is 2. The van der Waals surface area contributed by atoms with Crippen LogP contribution in [0.3, 0.4) is 0 Å². The maximum atomic E-state index is 12.7. The van der Waals surface area contributed by atoms with Gasteiger partial charge in [0, 0.05) is 19.3 Å². The summed E-state index contributed by atoms with van der Waals surface area (Å²) in [6, 6.07) is -1.80. The molecular weight excluding hydrogens is 442 g/mol. The Morgan fingerprint density at radius 3 is 1.94 bits per heavy atom. The first kappa shape index (κ1) is 31.6. The number of esters is 3. The fraction of sp³-hybridized carbons (Fsp3) is 0.833. The number of rotatable bonds is 14. The lowest BCUT2D eigenvalue weighted by Gasteiger charge is -2.26. The SMILES string of the molecule is CCCCC(=O)O[C@H](CCCCN)NC(=O)N[C@@H](CCC(=O)OC(C)(C)C)C(=O)OC(C)(C)C. The van der Waals surface area contributed by atoms with Crippen molar-refractivity contribution in [2.75, 3.05) is 6.54 Å². The van der Waals surface area contributed by atoms with Crippen LogP contribution >= 0.6 is 0 Å². The molecule has 0 aliphatic carbocycles. The van der Waals surface area contributed by atoms with Crippen molar-refractivity contribution < 1.29 is 33.4 Å². The average Bonchev–Trinajstić information content (AvgIpc) is 2.66. The highest BCUT2D eigenvalue weighted by molar-refractivity contribution is 5.84. The van der Waals surface area contributed by atoms with Gasteiger partial charge in [0.15, 0.2) is 6.23 Å². The quantitative estimate of drug-likeness (QED) is 0.146. The highest BCUT2D eigenvalue weighted by atomic mass is 16.6. The minimum absolute atomic E-state index is 0.00856. The standard InChI is InChI=1S/C24H45N3O7/c1-8-9-13-19(28)32-18(12-10-11-16-25)27-22(31)26-17(21(30)34-24(5,6)7)14-15-20(29)33-23(2,3)4/h17-18H,8-16,25H2,1-7H3,(H2,26,27,31)/t17-,18+/m0/s1. The molecular formula is C24H45N3O7. The molecule has 0 bridgehead atoms. The van der Waals surface area contributed by atoms with Gasteiger partial charge in [-0.05, 0) is 73.8 Å². The fourth-order valence-corrected chi connectivity index (χ4v) is 2.80. The highest BCUT2D eigenvalue weighted by Crippen LogP contribution is 2.14. The molecule has 0 saturated carbocycles. The summed E-state index contributed by atoms with van der Waals surface area (Å²) in [5, 5.41) is 5.15. The van der Waals surface area contributed by atoms with Gasteiger partial charge in [-0.2, -0.15) is 0 Å². The summed E-state index contributed by atoms with van der Waals surface area (Å²) in [5.41, 5.74) is 4.09. The first-order valence-electron chi connectivity index (χ1n) is 12.1. The Balaban J connectivity index is 5.22. The van der Waals surface area contributed by atoms with Crippen molar-refractivity contribution in [3.8, 4) is 0 Å². The Kier molecular flexibility index (Phi) is 14.4. The van der Waals surface area contributed by atoms with E-state index < -0.39 is 47.4 Å². The van der Waals surface area contributed by atoms with Gasteiger partial charge in [0.25, 0.3) is 0 Å². The van der Waals surface area contributed by atoms with Crippen molar-refractivity contribution in [3.05, 3.63) is 0 Å². The molecule has 0 rings (SSSR count). The molecule has 0 radical (unpaired) electrons. The zero-order valence-electron chi connectivity index (χ0n) is 22.0. The van der Waals surface area contributed by atoms with Crippen LogP contribution < -0.4 is 16.4 Å². The van der Waals surface area contributed by atoms with Gasteiger partial charge in [-0.25, -0.2) is 9.59 Å². The van der Waals surface area contributed by atoms with Gasteiger partial charge in [-0.1, -0.05) is 13.3 Å². The molecule has 0 aliphatic rings. The lowest BCUT2D eigenvalue weighted by atomic mass is 10.1. The van der Waals surface area contributed by atoms with Crippen molar-refractivity contribution in [2.24, 2.45) is 5.73 Å². The lowest BCUT2D eigenvalue weighted by molar-refractivity contribution is -0.159. The number of hydrogen-bond donors (Lipinski definition) is 3. The molecule has 10 nitrogen and oxygen atoms in total. The summed E-state index contributed by atoms with van der Waals surface area (Å²) >= 11 is 0. The van der Waals surface area contributed by atoms with Crippen LogP contribution in [-0.2, 0) is 28.6 Å². The van der Waals surface area contributed by atoms with Crippen LogP contribution in [0.4, 0.5) is 4.79 Å². The van der Waals surface area contributed by atoms with E-state index in [1.807, 2.05) is 6.92 Å². The van der Waals surface area contributed by atoms with Gasteiger partial charge < -0.3 is 30.6 Å². The molecule has 0 fully saturated rings. The number of hydrogen-bond acceptors (Lipinski definition) is 8. The Labute approximate surface area is 204 Å². The van der Waals surface area contributed by atoms with Crippen molar-refractivity contribution in [1.82, 2.24) is 10.6 Å². The molecule has 0 aromatic carbocycles. The Hall–Kier alpha value is -2.36. The van der Waals surface area contributed by atoms with Gasteiger partial charge in [0.2, 0.25) is 0 Å². The number of urea groups is 1. The normalized spacial score (nSPS) is 13.4. The van der Waals surface area contributed by atoms with E-state index in [9.17, 15) is 19.2 Å². The smallest absolute Gasteiger partial charge is 0.329 e. The largest absolute Gasteiger partial charge is 0.460 e. The van der Waals surface area contributed by atoms with E-state index in [1.165, 1.54) is 0 Å². The lowest BCUT2D eigenvalue weighted by Crippen LogP contribution is -2.51. The van der Waals surface area contributed by atoms with Crippen molar-refractivity contribution in [1.29, 1.82) is 0 Å². The van der Waals surface area contributed by atoms with Gasteiger partial charge in [0.05, 0.1) is 0 Å². The Bertz CT molecular complexity index is 654. The molecule has 0 spiro atoms. The van der Waals surface area contributed by atoms with E-state index in [2.05, 4.69) is 10.6 Å². The van der Waals surface area contributed by atoms with Crippen molar-refractivity contribution in [2.45, 2.75) is 123 Å². The molecule has 34 heavy (non-hydrogen) atoms. The summed E-state index contributed by atoms with van der Waals surface area (Å²) in [6.07, 6.45) is 2.57. The highest BCUT2D eigenvalue weighted by Gasteiger charge is 2.29. The van der Waals surface area contributed by atoms with Gasteiger partial charge >= 0.3 is 23.9 Å². The van der Waals surface area contributed by atoms with Gasteiger partial charge in [-0.15, -0.1) is 0 Å². The second-order valence-corrected chi connectivity index (χ2v) is 10.2. The van der Waals surface area contributed by atoms with E-state index in [0.29, 0.717) is 32.2 Å². The number of carbonyl (C=O) groups excluding carboxylic acids is 4. The molecule has 0 aliphatic heterocycles. The van der Waals surface area contributed by atoms with Crippen LogP contribution in [0.15, 0.2) is 0 Å². The van der Waals surface area contributed by atoms with Crippen LogP contribution in [0.5, 0.6) is 0 Å². The Morgan fingerprint density at radius 1 is 0.794 bits per heavy atom. The van der Waals surface area contributed by atoms with E-state index >= 15 is 0 Å². The predicted molar refractivity (Wildman–Crippen MR) is 129 cm³/mol. The zero-order valence-corrected chi connectivity index (χ0v) is 22.0. The monoisotopic (exact) mass is 487 g/mol. The van der Waals surface area contributed by atoms with Crippen LogP contribution in [0.1, 0.15) is 99.8 Å². The van der Waals surface area contributed by atoms with Crippen molar-refractivity contribution in [3.63, 3.8) is 0 Å². The molecule has 10 heteroatoms. The van der Waals surface area contributed by atoms with E-state index in [4.69, 9.17) is 19.9 Å². The Morgan fingerprint density at radius 2 is 1.41 bits per heavy atom. The number of nitrogens with two attached hydrogens (primary N) is 1. The van der Waals surface area contributed by atoms with Crippen LogP contribution in [-0.4, -0.2) is 54.0 Å². The topological polar surface area (TPSA) is 146 Å². The second kappa shape index (κ2) is 15.5. The molecule has 0 aromatic heterocycles. The maximum absolute atomic E-state index is 12.7. The second-order valence-electron chi connectivity index (χ2n) is 10.2. The molecule has 2 atom stereocenters. The minimum atomic E-state index is -1.09. The number of unbranched alkanes of at least 4 members (excludes halogenated alkanes) is 2. The first-order chi connectivity index (χ1) is 15.7. The first-order valence-corrected chi connectivity index (χ1v) is 12.1. The number of ether oxygens (including phenoxy) is 3. The third kappa shape index (κ3) is 17.2. The zero-order chi connectivity index (χ0) is 26.4. The molecule has 0 aromatic rings. The number of carbonyl (C=O) groups is 4. The predicted octanol–water partition coefficient (Wildman–Crippen LogP) is 3.31. The fourth-order valence-electron chi connectivity index (χ4n) is 2.80. The average molecular weight is 488 g/mol. The number of amides is 2. The summed E-state index contributed by atoms with van der Waals surface area (Å²) < 4.78 is 16.1. The molecule has 4 N–H and O–H groups in total. The van der Waals surface area contributed by atoms with Crippen LogP contribution in [0.2, 0.25) is 0 Å². The van der Waals surface area contributed by atoms with Gasteiger partial charge in [-0.3, -0.25) is 9.59 Å². The van der Waals surface area contributed by atoms with Crippen LogP contribution in [0, 0.1) is 0 Å². The van der Waals surface area contributed by atoms with E-state index in [0.717, 1.165) is 6.42 Å². The summed E-state index contributed by atoms with van der Waals surface area (Å²) in [4.78, 5) is 49.5. The molecule has 2 amide bonds. The van der Waals surface area contributed by atoms with Crippen LogP contribution in [0.25, 0.3) is 0 Å². The van der Waals surface area contributed by atoms with E-state index in [1.54, 1.807) is 41.5 Å². The third-order valence-electron chi connectivity index (χ3n) is 4.27. The van der Waals surface area contributed by atoms with E-state index in [-0.39, 0.29) is 19.3 Å². The molecule has 0 heterocycles.